The fraction of sp³-hybridized carbons (Fsp3) is 0.474. The Hall–Kier alpha value is -2.10. The third-order valence-electron chi connectivity index (χ3n) is 4.81. The number of carbonyl (C=O) groups excluding carboxylic acids is 1. The highest BCUT2D eigenvalue weighted by Crippen LogP contribution is 2.23. The lowest BCUT2D eigenvalue weighted by atomic mass is 9.91. The number of benzene rings is 1. The van der Waals surface area contributed by atoms with Crippen molar-refractivity contribution in [3.8, 4) is 0 Å². The summed E-state index contributed by atoms with van der Waals surface area (Å²) < 4.78 is 1.88. The number of piperidine rings is 1. The standard InChI is InChI=1S/C19H25N3O/c1-15-5-7-17(8-6-15)12-18-4-3-10-21(13-18)19(23)16(2)22-11-9-20-14-22/h5-9,11,14,16,18H,3-4,10,12-13H2,1-2H3/t16-,18-/m0/s1. The molecule has 4 nitrogen and oxygen atoms in total. The van der Waals surface area contributed by atoms with Crippen LogP contribution in [0.5, 0.6) is 0 Å². The van der Waals surface area contributed by atoms with Gasteiger partial charge in [0.2, 0.25) is 5.91 Å². The van der Waals surface area contributed by atoms with Gasteiger partial charge in [-0.2, -0.15) is 0 Å². The highest BCUT2D eigenvalue weighted by molar-refractivity contribution is 5.80. The summed E-state index contributed by atoms with van der Waals surface area (Å²) >= 11 is 0. The molecular formula is C19H25N3O. The smallest absolute Gasteiger partial charge is 0.245 e. The molecule has 0 spiro atoms. The van der Waals surface area contributed by atoms with E-state index in [0.29, 0.717) is 5.92 Å². The molecule has 2 atom stereocenters. The molecule has 1 aromatic heterocycles. The first-order chi connectivity index (χ1) is 11.1. The quantitative estimate of drug-likeness (QED) is 0.869. The van der Waals surface area contributed by atoms with E-state index in [1.807, 2.05) is 22.6 Å². The van der Waals surface area contributed by atoms with Crippen LogP contribution in [0.1, 0.15) is 36.9 Å². The lowest BCUT2D eigenvalue weighted by Gasteiger charge is -2.34. The first-order valence-electron chi connectivity index (χ1n) is 8.45. The van der Waals surface area contributed by atoms with Crippen LogP contribution in [-0.2, 0) is 11.2 Å². The van der Waals surface area contributed by atoms with Gasteiger partial charge in [0, 0.05) is 25.5 Å². The number of aromatic nitrogens is 2. The molecule has 0 radical (unpaired) electrons. The minimum Gasteiger partial charge on any atom is -0.341 e. The van der Waals surface area contributed by atoms with Crippen LogP contribution in [0.15, 0.2) is 43.0 Å². The van der Waals surface area contributed by atoms with Crippen molar-refractivity contribution >= 4 is 5.91 Å². The van der Waals surface area contributed by atoms with E-state index in [1.165, 1.54) is 17.5 Å². The van der Waals surface area contributed by atoms with Crippen LogP contribution in [-0.4, -0.2) is 33.4 Å². The molecule has 0 saturated carbocycles. The van der Waals surface area contributed by atoms with Gasteiger partial charge in [-0.1, -0.05) is 29.8 Å². The van der Waals surface area contributed by atoms with E-state index < -0.39 is 0 Å². The third kappa shape index (κ3) is 3.81. The summed E-state index contributed by atoms with van der Waals surface area (Å²) in [6.45, 7) is 5.81. The fourth-order valence-corrected chi connectivity index (χ4v) is 3.38. The van der Waals surface area contributed by atoms with Gasteiger partial charge in [0.25, 0.3) is 0 Å². The molecule has 1 saturated heterocycles. The van der Waals surface area contributed by atoms with Crippen LogP contribution in [0, 0.1) is 12.8 Å². The number of carbonyl (C=O) groups is 1. The molecule has 1 aliphatic heterocycles. The van der Waals surface area contributed by atoms with E-state index in [0.717, 1.165) is 25.9 Å². The van der Waals surface area contributed by atoms with Gasteiger partial charge in [0.1, 0.15) is 6.04 Å². The molecule has 23 heavy (non-hydrogen) atoms. The molecule has 0 N–H and O–H groups in total. The van der Waals surface area contributed by atoms with E-state index in [1.54, 1.807) is 12.5 Å². The van der Waals surface area contributed by atoms with E-state index in [2.05, 4.69) is 36.2 Å². The zero-order valence-corrected chi connectivity index (χ0v) is 14.0. The second kappa shape index (κ2) is 6.99. The molecule has 1 amide bonds. The second-order valence-electron chi connectivity index (χ2n) is 6.67. The zero-order chi connectivity index (χ0) is 16.2. The second-order valence-corrected chi connectivity index (χ2v) is 6.67. The molecule has 0 bridgehead atoms. The first-order valence-corrected chi connectivity index (χ1v) is 8.45. The Morgan fingerprint density at radius 1 is 1.35 bits per heavy atom. The van der Waals surface area contributed by atoms with Crippen LogP contribution in [0.2, 0.25) is 0 Å². The maximum absolute atomic E-state index is 12.7. The minimum atomic E-state index is -0.171. The summed E-state index contributed by atoms with van der Waals surface area (Å²) in [5.74, 6) is 0.766. The van der Waals surface area contributed by atoms with Crippen molar-refractivity contribution in [1.82, 2.24) is 14.5 Å². The molecule has 1 fully saturated rings. The molecule has 3 rings (SSSR count). The van der Waals surface area contributed by atoms with Crippen LogP contribution >= 0.6 is 0 Å². The van der Waals surface area contributed by atoms with Gasteiger partial charge in [-0.05, 0) is 44.6 Å². The van der Waals surface area contributed by atoms with Crippen molar-refractivity contribution < 1.29 is 4.79 Å². The molecule has 122 valence electrons. The minimum absolute atomic E-state index is 0.171. The summed E-state index contributed by atoms with van der Waals surface area (Å²) in [5.41, 5.74) is 2.67. The van der Waals surface area contributed by atoms with Crippen LogP contribution < -0.4 is 0 Å². The number of imidazole rings is 1. The van der Waals surface area contributed by atoms with Crippen molar-refractivity contribution in [3.05, 3.63) is 54.1 Å². The molecule has 4 heteroatoms. The van der Waals surface area contributed by atoms with Crippen LogP contribution in [0.3, 0.4) is 0 Å². The highest BCUT2D eigenvalue weighted by atomic mass is 16.2. The van der Waals surface area contributed by atoms with Crippen LogP contribution in [0.25, 0.3) is 0 Å². The first kappa shape index (κ1) is 15.8. The SMILES string of the molecule is Cc1ccc(C[C@@H]2CCCN(C(=O)[C@H](C)n3ccnc3)C2)cc1. The normalized spacial score (nSPS) is 19.6. The number of nitrogens with zero attached hydrogens (tertiary/aromatic N) is 3. The van der Waals surface area contributed by atoms with Gasteiger partial charge < -0.3 is 9.47 Å². The van der Waals surface area contributed by atoms with E-state index in [4.69, 9.17) is 0 Å². The summed E-state index contributed by atoms with van der Waals surface area (Å²) in [5, 5.41) is 0. The third-order valence-corrected chi connectivity index (χ3v) is 4.81. The van der Waals surface area contributed by atoms with E-state index in [9.17, 15) is 4.79 Å². The van der Waals surface area contributed by atoms with Crippen LogP contribution in [0.4, 0.5) is 0 Å². The fourth-order valence-electron chi connectivity index (χ4n) is 3.38. The summed E-state index contributed by atoms with van der Waals surface area (Å²) in [7, 11) is 0. The number of hydrogen-bond acceptors (Lipinski definition) is 2. The number of amides is 1. The maximum Gasteiger partial charge on any atom is 0.245 e. The maximum atomic E-state index is 12.7. The van der Waals surface area contributed by atoms with Gasteiger partial charge >= 0.3 is 0 Å². The summed E-state index contributed by atoms with van der Waals surface area (Å²) in [6.07, 6.45) is 8.66. The Kier molecular flexibility index (Phi) is 4.79. The summed E-state index contributed by atoms with van der Waals surface area (Å²) in [6, 6.07) is 8.59. The molecule has 1 aromatic carbocycles. The van der Waals surface area contributed by atoms with E-state index in [-0.39, 0.29) is 11.9 Å². The highest BCUT2D eigenvalue weighted by Gasteiger charge is 2.27. The largest absolute Gasteiger partial charge is 0.341 e. The average molecular weight is 311 g/mol. The van der Waals surface area contributed by atoms with Crippen molar-refractivity contribution in [1.29, 1.82) is 0 Å². The summed E-state index contributed by atoms with van der Waals surface area (Å²) in [4.78, 5) is 18.8. The van der Waals surface area contributed by atoms with Gasteiger partial charge in [0.05, 0.1) is 6.33 Å². The van der Waals surface area contributed by atoms with Crippen molar-refractivity contribution in [2.24, 2.45) is 5.92 Å². The van der Waals surface area contributed by atoms with Gasteiger partial charge in [0.15, 0.2) is 0 Å². The lowest BCUT2D eigenvalue weighted by molar-refractivity contribution is -0.136. The lowest BCUT2D eigenvalue weighted by Crippen LogP contribution is -2.43. The topological polar surface area (TPSA) is 38.1 Å². The number of likely N-dealkylation sites (tertiary alicyclic amines) is 1. The van der Waals surface area contributed by atoms with Gasteiger partial charge in [-0.3, -0.25) is 4.79 Å². The molecule has 0 aliphatic carbocycles. The Labute approximate surface area is 138 Å². The Morgan fingerprint density at radius 2 is 2.13 bits per heavy atom. The molecule has 2 heterocycles. The Bertz CT molecular complexity index is 633. The van der Waals surface area contributed by atoms with Gasteiger partial charge in [-0.25, -0.2) is 4.98 Å². The van der Waals surface area contributed by atoms with Crippen molar-refractivity contribution in [2.75, 3.05) is 13.1 Å². The Morgan fingerprint density at radius 3 is 2.83 bits per heavy atom. The predicted molar refractivity (Wildman–Crippen MR) is 91.1 cm³/mol. The van der Waals surface area contributed by atoms with E-state index >= 15 is 0 Å². The predicted octanol–water partition coefficient (Wildman–Crippen LogP) is 3.23. The number of hydrogen-bond donors (Lipinski definition) is 0. The number of rotatable bonds is 4. The number of aryl methyl sites for hydroxylation is 1. The van der Waals surface area contributed by atoms with Gasteiger partial charge in [-0.15, -0.1) is 0 Å². The van der Waals surface area contributed by atoms with Crippen molar-refractivity contribution in [3.63, 3.8) is 0 Å². The monoisotopic (exact) mass is 311 g/mol. The molecular weight excluding hydrogens is 286 g/mol. The zero-order valence-electron chi connectivity index (χ0n) is 14.0. The molecule has 0 unspecified atom stereocenters. The average Bonchev–Trinajstić information content (AvgIpc) is 3.10. The molecule has 1 aliphatic rings. The molecule has 2 aromatic rings. The van der Waals surface area contributed by atoms with Crippen molar-refractivity contribution in [2.45, 2.75) is 39.2 Å². The Balaban J connectivity index is 1.61.